The molecule has 0 heterocycles. The highest BCUT2D eigenvalue weighted by molar-refractivity contribution is 7.99. The Bertz CT molecular complexity index is 336. The van der Waals surface area contributed by atoms with Gasteiger partial charge in [0.2, 0.25) is 0 Å². The predicted molar refractivity (Wildman–Crippen MR) is 74.4 cm³/mol. The number of nitrogens with one attached hydrogen (secondary N) is 2. The van der Waals surface area contributed by atoms with Gasteiger partial charge in [0, 0.05) is 17.8 Å². The van der Waals surface area contributed by atoms with Crippen molar-refractivity contribution in [1.29, 1.82) is 0 Å². The molecule has 0 aromatic carbocycles. The molecule has 19 heavy (non-hydrogen) atoms. The van der Waals surface area contributed by atoms with Crippen LogP contribution in [0.4, 0.5) is 4.79 Å². The van der Waals surface area contributed by atoms with E-state index >= 15 is 0 Å². The zero-order valence-electron chi connectivity index (χ0n) is 11.3. The number of carbonyl (C=O) groups is 2. The Morgan fingerprint density at radius 3 is 2.68 bits per heavy atom. The standard InChI is InChI=1S/C12H22N2O4S/c1-12(18,6-10(15)16)7-13-11(17)14-8-4-3-5-9(8)19-2/h8-9,18H,3-7H2,1-2H3,(H,15,16)(H2,13,14,17). The second kappa shape index (κ2) is 7.00. The largest absolute Gasteiger partial charge is 0.481 e. The van der Waals surface area contributed by atoms with E-state index in [1.165, 1.54) is 6.92 Å². The maximum absolute atomic E-state index is 11.7. The van der Waals surface area contributed by atoms with Crippen LogP contribution in [0.25, 0.3) is 0 Å². The molecule has 2 amide bonds. The van der Waals surface area contributed by atoms with Gasteiger partial charge in [-0.15, -0.1) is 0 Å². The van der Waals surface area contributed by atoms with E-state index in [9.17, 15) is 14.7 Å². The van der Waals surface area contributed by atoms with Gasteiger partial charge in [0.1, 0.15) is 0 Å². The maximum Gasteiger partial charge on any atom is 0.315 e. The van der Waals surface area contributed by atoms with E-state index in [1.807, 2.05) is 6.26 Å². The van der Waals surface area contributed by atoms with Gasteiger partial charge in [-0.05, 0) is 26.0 Å². The van der Waals surface area contributed by atoms with Gasteiger partial charge in [0.25, 0.3) is 0 Å². The third kappa shape index (κ3) is 5.69. The number of aliphatic hydroxyl groups is 1. The fourth-order valence-corrected chi connectivity index (χ4v) is 3.19. The number of rotatable bonds is 6. The van der Waals surface area contributed by atoms with Crippen molar-refractivity contribution in [1.82, 2.24) is 10.6 Å². The maximum atomic E-state index is 11.7. The Labute approximate surface area is 117 Å². The molecule has 0 spiro atoms. The summed E-state index contributed by atoms with van der Waals surface area (Å²) >= 11 is 1.74. The zero-order valence-corrected chi connectivity index (χ0v) is 12.1. The fourth-order valence-electron chi connectivity index (χ4n) is 2.25. The van der Waals surface area contributed by atoms with Gasteiger partial charge in [-0.2, -0.15) is 11.8 Å². The number of carboxylic acid groups (broad SMARTS) is 1. The zero-order chi connectivity index (χ0) is 14.5. The van der Waals surface area contributed by atoms with Gasteiger partial charge < -0.3 is 20.8 Å². The van der Waals surface area contributed by atoms with Crippen LogP contribution < -0.4 is 10.6 Å². The summed E-state index contributed by atoms with van der Waals surface area (Å²) in [6.45, 7) is 1.31. The highest BCUT2D eigenvalue weighted by Gasteiger charge is 2.29. The second-order valence-corrected chi connectivity index (χ2v) is 6.28. The van der Waals surface area contributed by atoms with Crippen molar-refractivity contribution < 1.29 is 19.8 Å². The third-order valence-electron chi connectivity index (χ3n) is 3.23. The molecule has 1 rings (SSSR count). The SMILES string of the molecule is CSC1CCCC1NC(=O)NCC(C)(O)CC(=O)O. The van der Waals surface area contributed by atoms with Gasteiger partial charge in [-0.25, -0.2) is 4.79 Å². The smallest absolute Gasteiger partial charge is 0.315 e. The number of aliphatic carboxylic acids is 1. The Kier molecular flexibility index (Phi) is 5.93. The second-order valence-electron chi connectivity index (χ2n) is 5.21. The minimum atomic E-state index is -1.43. The molecule has 0 bridgehead atoms. The summed E-state index contributed by atoms with van der Waals surface area (Å²) in [4.78, 5) is 22.2. The van der Waals surface area contributed by atoms with Crippen LogP contribution in [0.5, 0.6) is 0 Å². The van der Waals surface area contributed by atoms with Crippen LogP contribution >= 0.6 is 11.8 Å². The molecule has 110 valence electrons. The first kappa shape index (κ1) is 16.1. The normalized spacial score (nSPS) is 25.6. The number of hydrogen-bond donors (Lipinski definition) is 4. The molecule has 1 fully saturated rings. The lowest BCUT2D eigenvalue weighted by atomic mass is 10.0. The average molecular weight is 290 g/mol. The van der Waals surface area contributed by atoms with Gasteiger partial charge in [-0.1, -0.05) is 6.42 Å². The number of thioether (sulfide) groups is 1. The number of hydrogen-bond acceptors (Lipinski definition) is 4. The molecule has 3 atom stereocenters. The molecule has 6 nitrogen and oxygen atoms in total. The molecule has 0 radical (unpaired) electrons. The van der Waals surface area contributed by atoms with Gasteiger partial charge in [-0.3, -0.25) is 4.79 Å². The number of amides is 2. The highest BCUT2D eigenvalue weighted by atomic mass is 32.2. The van der Waals surface area contributed by atoms with Gasteiger partial charge >= 0.3 is 12.0 Å². The van der Waals surface area contributed by atoms with Crippen molar-refractivity contribution in [2.45, 2.75) is 49.5 Å². The summed E-state index contributed by atoms with van der Waals surface area (Å²) in [5.74, 6) is -1.09. The van der Waals surface area contributed by atoms with Gasteiger partial charge in [0.05, 0.1) is 12.0 Å². The molecule has 0 saturated heterocycles. The molecular formula is C12H22N2O4S. The Balaban J connectivity index is 2.33. The molecule has 3 unspecified atom stereocenters. The molecular weight excluding hydrogens is 268 g/mol. The Morgan fingerprint density at radius 2 is 2.11 bits per heavy atom. The van der Waals surface area contributed by atoms with E-state index in [1.54, 1.807) is 11.8 Å². The first-order valence-electron chi connectivity index (χ1n) is 6.35. The number of carbonyl (C=O) groups excluding carboxylic acids is 1. The van der Waals surface area contributed by atoms with Gasteiger partial charge in [0.15, 0.2) is 0 Å². The Morgan fingerprint density at radius 1 is 1.42 bits per heavy atom. The Hall–Kier alpha value is -0.950. The summed E-state index contributed by atoms with van der Waals surface area (Å²) in [5, 5.41) is 24.2. The first-order valence-corrected chi connectivity index (χ1v) is 7.64. The summed E-state index contributed by atoms with van der Waals surface area (Å²) in [6, 6.07) is -0.198. The monoisotopic (exact) mass is 290 g/mol. The summed E-state index contributed by atoms with van der Waals surface area (Å²) in [6.07, 6.45) is 4.80. The molecule has 1 aliphatic carbocycles. The lowest BCUT2D eigenvalue weighted by Gasteiger charge is -2.24. The molecule has 7 heteroatoms. The molecule has 0 aromatic rings. The van der Waals surface area contributed by atoms with E-state index in [0.717, 1.165) is 19.3 Å². The van der Waals surface area contributed by atoms with Crippen molar-refractivity contribution in [3.63, 3.8) is 0 Å². The van der Waals surface area contributed by atoms with Crippen LogP contribution in [0, 0.1) is 0 Å². The molecule has 0 aliphatic heterocycles. The topological polar surface area (TPSA) is 98.7 Å². The third-order valence-corrected chi connectivity index (χ3v) is 4.40. The van der Waals surface area contributed by atoms with Crippen molar-refractivity contribution in [3.8, 4) is 0 Å². The molecule has 4 N–H and O–H groups in total. The lowest BCUT2D eigenvalue weighted by molar-refractivity contribution is -0.141. The summed E-state index contributed by atoms with van der Waals surface area (Å²) in [5.41, 5.74) is -1.43. The van der Waals surface area contributed by atoms with E-state index in [0.29, 0.717) is 5.25 Å². The fraction of sp³-hybridized carbons (Fsp3) is 0.833. The minimum absolute atomic E-state index is 0.0816. The van der Waals surface area contributed by atoms with Crippen LogP contribution in [-0.2, 0) is 4.79 Å². The van der Waals surface area contributed by atoms with Crippen LogP contribution in [0.15, 0.2) is 0 Å². The van der Waals surface area contributed by atoms with E-state index < -0.39 is 18.0 Å². The van der Waals surface area contributed by atoms with E-state index in [2.05, 4.69) is 10.6 Å². The highest BCUT2D eigenvalue weighted by Crippen LogP contribution is 2.28. The number of urea groups is 1. The summed E-state index contributed by atoms with van der Waals surface area (Å²) < 4.78 is 0. The minimum Gasteiger partial charge on any atom is -0.481 e. The van der Waals surface area contributed by atoms with E-state index in [4.69, 9.17) is 5.11 Å². The van der Waals surface area contributed by atoms with Crippen molar-refractivity contribution in [2.24, 2.45) is 0 Å². The van der Waals surface area contributed by atoms with E-state index in [-0.39, 0.29) is 18.6 Å². The van der Waals surface area contributed by atoms with Crippen LogP contribution in [0.3, 0.4) is 0 Å². The lowest BCUT2D eigenvalue weighted by Crippen LogP contribution is -2.49. The average Bonchev–Trinajstić information content (AvgIpc) is 2.72. The molecule has 1 aliphatic rings. The molecule has 0 aromatic heterocycles. The molecule has 1 saturated carbocycles. The van der Waals surface area contributed by atoms with Crippen molar-refractivity contribution in [2.75, 3.05) is 12.8 Å². The first-order chi connectivity index (χ1) is 8.84. The quantitative estimate of drug-likeness (QED) is 0.580. The van der Waals surface area contributed by atoms with Crippen molar-refractivity contribution >= 4 is 23.8 Å². The van der Waals surface area contributed by atoms with Crippen LogP contribution in [0.1, 0.15) is 32.6 Å². The predicted octanol–water partition coefficient (Wildman–Crippen LogP) is 0.795. The summed E-state index contributed by atoms with van der Waals surface area (Å²) in [7, 11) is 0. The van der Waals surface area contributed by atoms with Crippen LogP contribution in [0.2, 0.25) is 0 Å². The van der Waals surface area contributed by atoms with Crippen molar-refractivity contribution in [3.05, 3.63) is 0 Å². The number of carboxylic acids is 1. The van der Waals surface area contributed by atoms with Crippen LogP contribution in [-0.4, -0.2) is 51.9 Å².